The largest absolute Gasteiger partial charge is 0.496 e. The van der Waals surface area contributed by atoms with Crippen molar-refractivity contribution < 1.29 is 4.74 Å². The van der Waals surface area contributed by atoms with E-state index in [2.05, 4.69) is 0 Å². The highest BCUT2D eigenvalue weighted by Gasteiger charge is 2.12. The Morgan fingerprint density at radius 3 is 2.35 bits per heavy atom. The summed E-state index contributed by atoms with van der Waals surface area (Å²) in [5.41, 5.74) is 1.04. The maximum atomic E-state index is 12.2. The summed E-state index contributed by atoms with van der Waals surface area (Å²) in [4.78, 5) is 23.9. The van der Waals surface area contributed by atoms with Gasteiger partial charge in [-0.1, -0.05) is 0 Å². The maximum Gasteiger partial charge on any atom is 0.263 e. The molecule has 90 valence electrons. The van der Waals surface area contributed by atoms with E-state index in [-0.39, 0.29) is 11.1 Å². The Hall–Kier alpha value is -2.04. The molecule has 0 bridgehead atoms. The molecule has 0 aliphatic heterocycles. The number of methoxy groups -OCH3 is 1. The third-order valence-electron chi connectivity index (χ3n) is 3.06. The Labute approximate surface area is 97.9 Å². The number of fused-ring (bicyclic) bond motifs is 1. The molecule has 5 nitrogen and oxygen atoms in total. The lowest BCUT2D eigenvalue weighted by Gasteiger charge is -2.11. The quantitative estimate of drug-likeness (QED) is 0.724. The molecular formula is C12H14N2O3. The number of hydrogen-bond donors (Lipinski definition) is 0. The fourth-order valence-corrected chi connectivity index (χ4v) is 1.86. The SMILES string of the molecule is COc1cc(=O)n(C)c2cc(C)n(C)c(=O)c12. The molecule has 0 saturated heterocycles. The molecule has 2 rings (SSSR count). The van der Waals surface area contributed by atoms with Crippen molar-refractivity contribution in [3.8, 4) is 5.75 Å². The molecule has 0 aliphatic carbocycles. The molecule has 0 N–H and O–H groups in total. The number of aryl methyl sites for hydroxylation is 2. The molecule has 2 aromatic rings. The smallest absolute Gasteiger partial charge is 0.263 e. The van der Waals surface area contributed by atoms with Crippen LogP contribution in [-0.4, -0.2) is 16.2 Å². The molecule has 0 spiro atoms. The van der Waals surface area contributed by atoms with E-state index in [1.807, 2.05) is 6.92 Å². The second-order valence-corrected chi connectivity index (χ2v) is 4.02. The number of pyridine rings is 2. The van der Waals surface area contributed by atoms with Gasteiger partial charge in [-0.25, -0.2) is 0 Å². The molecule has 0 amide bonds. The molecule has 0 saturated carbocycles. The van der Waals surface area contributed by atoms with Crippen LogP contribution < -0.4 is 15.9 Å². The minimum absolute atomic E-state index is 0.160. The first-order valence-corrected chi connectivity index (χ1v) is 5.21. The van der Waals surface area contributed by atoms with Crippen molar-refractivity contribution in [3.63, 3.8) is 0 Å². The van der Waals surface area contributed by atoms with E-state index in [1.54, 1.807) is 20.2 Å². The summed E-state index contributed by atoms with van der Waals surface area (Å²) < 4.78 is 8.10. The van der Waals surface area contributed by atoms with E-state index in [9.17, 15) is 9.59 Å². The van der Waals surface area contributed by atoms with Crippen molar-refractivity contribution in [2.45, 2.75) is 6.92 Å². The number of ether oxygens (including phenoxy) is 1. The number of aromatic nitrogens is 2. The summed E-state index contributed by atoms with van der Waals surface area (Å²) in [5, 5.41) is 0.433. The normalized spacial score (nSPS) is 10.8. The van der Waals surface area contributed by atoms with Crippen LogP contribution in [0.4, 0.5) is 0 Å². The van der Waals surface area contributed by atoms with Gasteiger partial charge in [-0.05, 0) is 13.0 Å². The average molecular weight is 234 g/mol. The Balaban J connectivity index is 3.15. The highest BCUT2D eigenvalue weighted by atomic mass is 16.5. The topological polar surface area (TPSA) is 53.2 Å². The van der Waals surface area contributed by atoms with Gasteiger partial charge in [0.2, 0.25) is 0 Å². The summed E-state index contributed by atoms with van der Waals surface area (Å²) in [6.45, 7) is 1.82. The minimum Gasteiger partial charge on any atom is -0.496 e. The van der Waals surface area contributed by atoms with Crippen molar-refractivity contribution in [1.29, 1.82) is 0 Å². The van der Waals surface area contributed by atoms with Gasteiger partial charge in [-0.3, -0.25) is 9.59 Å². The summed E-state index contributed by atoms with van der Waals surface area (Å²) in [7, 11) is 4.79. The molecule has 2 aromatic heterocycles. The first-order chi connectivity index (χ1) is 7.97. The van der Waals surface area contributed by atoms with Gasteiger partial charge in [0, 0.05) is 25.9 Å². The van der Waals surface area contributed by atoms with Gasteiger partial charge >= 0.3 is 0 Å². The van der Waals surface area contributed by atoms with Crippen molar-refractivity contribution in [2.75, 3.05) is 7.11 Å². The second kappa shape index (κ2) is 3.76. The zero-order chi connectivity index (χ0) is 12.7. The van der Waals surface area contributed by atoms with Crippen LogP contribution in [0.1, 0.15) is 5.69 Å². The van der Waals surface area contributed by atoms with Crippen LogP contribution in [0.5, 0.6) is 5.75 Å². The van der Waals surface area contributed by atoms with E-state index in [0.717, 1.165) is 5.69 Å². The zero-order valence-electron chi connectivity index (χ0n) is 10.3. The van der Waals surface area contributed by atoms with Crippen molar-refractivity contribution >= 4 is 10.9 Å². The number of rotatable bonds is 1. The summed E-state index contributed by atoms with van der Waals surface area (Å²) in [6, 6.07) is 3.14. The molecule has 0 atom stereocenters. The molecule has 0 fully saturated rings. The molecule has 0 aliphatic rings. The van der Waals surface area contributed by atoms with Crippen LogP contribution >= 0.6 is 0 Å². The lowest BCUT2D eigenvalue weighted by molar-refractivity contribution is 0.417. The van der Waals surface area contributed by atoms with E-state index < -0.39 is 0 Å². The molecular weight excluding hydrogens is 220 g/mol. The van der Waals surface area contributed by atoms with Crippen LogP contribution in [0, 0.1) is 6.92 Å². The lowest BCUT2D eigenvalue weighted by Crippen LogP contribution is -2.24. The van der Waals surface area contributed by atoms with Crippen LogP contribution in [0.2, 0.25) is 0 Å². The Kier molecular flexibility index (Phi) is 2.53. The number of nitrogens with zero attached hydrogens (tertiary/aromatic N) is 2. The first-order valence-electron chi connectivity index (χ1n) is 5.21. The van der Waals surface area contributed by atoms with E-state index in [1.165, 1.54) is 22.3 Å². The van der Waals surface area contributed by atoms with Gasteiger partial charge < -0.3 is 13.9 Å². The Bertz CT molecular complexity index is 710. The summed E-state index contributed by atoms with van der Waals surface area (Å²) in [5.74, 6) is 0.323. The third kappa shape index (κ3) is 1.54. The van der Waals surface area contributed by atoms with Gasteiger partial charge in [-0.2, -0.15) is 0 Å². The van der Waals surface area contributed by atoms with Crippen LogP contribution in [0.25, 0.3) is 10.9 Å². The molecule has 0 aromatic carbocycles. The monoisotopic (exact) mass is 234 g/mol. The zero-order valence-corrected chi connectivity index (χ0v) is 10.3. The molecule has 0 radical (unpaired) electrons. The van der Waals surface area contributed by atoms with Crippen LogP contribution in [-0.2, 0) is 14.1 Å². The first kappa shape index (κ1) is 11.4. The standard InChI is InChI=1S/C12H14N2O3/c1-7-5-8-11(12(16)13(7)2)9(17-4)6-10(15)14(8)3/h5-6H,1-4H3. The van der Waals surface area contributed by atoms with E-state index >= 15 is 0 Å². The second-order valence-electron chi connectivity index (χ2n) is 4.02. The molecule has 17 heavy (non-hydrogen) atoms. The van der Waals surface area contributed by atoms with Crippen molar-refractivity contribution in [1.82, 2.24) is 9.13 Å². The summed E-state index contributed by atoms with van der Waals surface area (Å²) in [6.07, 6.45) is 0. The van der Waals surface area contributed by atoms with Gasteiger partial charge in [0.15, 0.2) is 0 Å². The van der Waals surface area contributed by atoms with Gasteiger partial charge in [-0.15, -0.1) is 0 Å². The molecule has 0 unspecified atom stereocenters. The fourth-order valence-electron chi connectivity index (χ4n) is 1.86. The minimum atomic E-state index is -0.193. The van der Waals surface area contributed by atoms with Gasteiger partial charge in [0.05, 0.1) is 12.6 Å². The molecule has 5 heteroatoms. The molecule has 2 heterocycles. The maximum absolute atomic E-state index is 12.2. The van der Waals surface area contributed by atoms with Crippen molar-refractivity contribution in [2.24, 2.45) is 14.1 Å². The predicted octanol–water partition coefficient (Wildman–Crippen LogP) is 0.554. The van der Waals surface area contributed by atoms with E-state index in [4.69, 9.17) is 4.74 Å². The highest BCUT2D eigenvalue weighted by molar-refractivity contribution is 5.84. The predicted molar refractivity (Wildman–Crippen MR) is 65.7 cm³/mol. The number of hydrogen-bond acceptors (Lipinski definition) is 3. The Morgan fingerprint density at radius 1 is 1.12 bits per heavy atom. The fraction of sp³-hybridized carbons (Fsp3) is 0.333. The Morgan fingerprint density at radius 2 is 1.76 bits per heavy atom. The average Bonchev–Trinajstić information content (AvgIpc) is 2.31. The lowest BCUT2D eigenvalue weighted by atomic mass is 10.2. The van der Waals surface area contributed by atoms with Gasteiger partial charge in [0.25, 0.3) is 11.1 Å². The van der Waals surface area contributed by atoms with Crippen LogP contribution in [0.3, 0.4) is 0 Å². The summed E-state index contributed by atoms with van der Waals surface area (Å²) >= 11 is 0. The third-order valence-corrected chi connectivity index (χ3v) is 3.06. The van der Waals surface area contributed by atoms with E-state index in [0.29, 0.717) is 16.7 Å². The van der Waals surface area contributed by atoms with Crippen LogP contribution in [0.15, 0.2) is 21.7 Å². The van der Waals surface area contributed by atoms with Crippen molar-refractivity contribution in [3.05, 3.63) is 38.5 Å². The highest BCUT2D eigenvalue weighted by Crippen LogP contribution is 2.19. The van der Waals surface area contributed by atoms with Gasteiger partial charge in [0.1, 0.15) is 11.1 Å².